The van der Waals surface area contributed by atoms with Crippen molar-refractivity contribution in [3.05, 3.63) is 48.5 Å². The van der Waals surface area contributed by atoms with Crippen LogP contribution in [0.25, 0.3) is 11.1 Å². The number of anilines is 1. The molecule has 0 radical (unpaired) electrons. The van der Waals surface area contributed by atoms with Crippen molar-refractivity contribution < 1.29 is 62.6 Å². The van der Waals surface area contributed by atoms with Crippen molar-refractivity contribution in [1.29, 1.82) is 0 Å². The van der Waals surface area contributed by atoms with Gasteiger partial charge in [0.1, 0.15) is 5.75 Å². The highest BCUT2D eigenvalue weighted by Gasteiger charge is 2.79. The monoisotopic (exact) mass is 511 g/mol. The minimum Gasteiger partial charge on any atom is -0.495 e. The van der Waals surface area contributed by atoms with E-state index in [2.05, 4.69) is 4.74 Å². The van der Waals surface area contributed by atoms with Crippen LogP contribution in [-0.2, 0) is 9.53 Å². The summed E-state index contributed by atoms with van der Waals surface area (Å²) in [5.74, 6) is -17.2. The largest absolute Gasteiger partial charge is 0.495 e. The Bertz CT molecular complexity index is 1020. The van der Waals surface area contributed by atoms with Gasteiger partial charge in [0.2, 0.25) is 0 Å². The van der Waals surface area contributed by atoms with E-state index in [4.69, 9.17) is 4.74 Å². The number of amides is 1. The van der Waals surface area contributed by atoms with Crippen LogP contribution in [0.5, 0.6) is 5.75 Å². The molecule has 1 amide bonds. The number of benzene rings is 2. The average Bonchev–Trinajstić information content (AvgIpc) is 2.72. The second-order valence-electron chi connectivity index (χ2n) is 6.52. The van der Waals surface area contributed by atoms with Gasteiger partial charge in [0.05, 0.1) is 12.8 Å². The van der Waals surface area contributed by atoms with Crippen molar-refractivity contribution in [2.45, 2.75) is 30.2 Å². The van der Waals surface area contributed by atoms with Gasteiger partial charge < -0.3 is 10.1 Å². The van der Waals surface area contributed by atoms with Crippen molar-refractivity contribution in [3.63, 3.8) is 0 Å². The molecule has 1 N–H and O–H groups in total. The van der Waals surface area contributed by atoms with Gasteiger partial charge in [0, 0.05) is 0 Å². The maximum atomic E-state index is 14.5. The lowest BCUT2D eigenvalue weighted by molar-refractivity contribution is -0.472. The Morgan fingerprint density at radius 2 is 1.32 bits per heavy atom. The predicted octanol–water partition coefficient (Wildman–Crippen LogP) is 6.34. The fourth-order valence-corrected chi connectivity index (χ4v) is 2.46. The number of methoxy groups -OCH3 is 1. The maximum Gasteiger partial charge on any atom is 0.462 e. The molecule has 1 atom stereocenters. The second-order valence-corrected chi connectivity index (χ2v) is 6.52. The van der Waals surface area contributed by atoms with Crippen molar-refractivity contribution >= 4 is 11.6 Å². The molecule has 2 aromatic rings. The number of alkyl halides is 11. The zero-order valence-electron chi connectivity index (χ0n) is 16.5. The Morgan fingerprint density at radius 1 is 0.765 bits per heavy atom. The summed E-state index contributed by atoms with van der Waals surface area (Å²) in [5.41, 5.74) is -0.173. The molecule has 188 valence electrons. The van der Waals surface area contributed by atoms with Crippen molar-refractivity contribution in [2.24, 2.45) is 0 Å². The summed E-state index contributed by atoms with van der Waals surface area (Å²) < 4.78 is 150. The van der Waals surface area contributed by atoms with E-state index in [1.807, 2.05) is 0 Å². The zero-order chi connectivity index (χ0) is 26.2. The highest BCUT2D eigenvalue weighted by Crippen LogP contribution is 2.51. The lowest BCUT2D eigenvalue weighted by Crippen LogP contribution is -2.62. The van der Waals surface area contributed by atoms with Crippen molar-refractivity contribution in [3.8, 4) is 16.9 Å². The first kappa shape index (κ1) is 27.1. The molecule has 15 heteroatoms. The summed E-state index contributed by atoms with van der Waals surface area (Å²) in [4.78, 5) is 12.0. The van der Waals surface area contributed by atoms with Crippen LogP contribution in [-0.4, -0.2) is 43.3 Å². The van der Waals surface area contributed by atoms with Crippen molar-refractivity contribution in [1.82, 2.24) is 0 Å². The second kappa shape index (κ2) is 8.92. The minimum absolute atomic E-state index is 0.183. The molecular weight excluding hydrogens is 499 g/mol. The van der Waals surface area contributed by atoms with Gasteiger partial charge in [-0.15, -0.1) is 0 Å². The quantitative estimate of drug-likeness (QED) is 0.442. The van der Waals surface area contributed by atoms with Crippen LogP contribution in [0.2, 0.25) is 0 Å². The van der Waals surface area contributed by atoms with Crippen molar-refractivity contribution in [2.75, 3.05) is 12.4 Å². The SMILES string of the molecule is COc1ccc(-c2ccccc2)cc1NC(=O)[C@](F)(OC(F)(F)C(F)(F)C(F)(F)F)C(F)(F)F. The molecule has 0 aliphatic carbocycles. The molecule has 0 aliphatic heterocycles. The number of carbonyl (C=O) groups is 1. The summed E-state index contributed by atoms with van der Waals surface area (Å²) >= 11 is 0. The van der Waals surface area contributed by atoms with E-state index < -0.39 is 47.6 Å². The van der Waals surface area contributed by atoms with Gasteiger partial charge in [-0.3, -0.25) is 9.53 Å². The first-order valence-electron chi connectivity index (χ1n) is 8.70. The summed E-state index contributed by atoms with van der Waals surface area (Å²) in [7, 11) is 0.953. The fourth-order valence-electron chi connectivity index (χ4n) is 2.46. The molecule has 0 saturated heterocycles. The predicted molar refractivity (Wildman–Crippen MR) is 94.0 cm³/mol. The summed E-state index contributed by atoms with van der Waals surface area (Å²) in [5, 5.41) is 1.19. The van der Waals surface area contributed by atoms with E-state index >= 15 is 0 Å². The number of ether oxygens (including phenoxy) is 2. The lowest BCUT2D eigenvalue weighted by Gasteiger charge is -2.34. The molecule has 2 aromatic carbocycles. The number of hydrogen-bond acceptors (Lipinski definition) is 3. The smallest absolute Gasteiger partial charge is 0.462 e. The molecule has 4 nitrogen and oxygen atoms in total. The van der Waals surface area contributed by atoms with E-state index in [0.29, 0.717) is 5.56 Å². The number of rotatable bonds is 7. The van der Waals surface area contributed by atoms with E-state index in [0.717, 1.165) is 19.2 Å². The van der Waals surface area contributed by atoms with Gasteiger partial charge in [-0.05, 0) is 23.3 Å². The van der Waals surface area contributed by atoms with Crippen LogP contribution in [0.4, 0.5) is 54.0 Å². The fraction of sp³-hybridized carbons (Fsp3) is 0.316. The highest BCUT2D eigenvalue weighted by molar-refractivity contribution is 5.98. The van der Waals surface area contributed by atoms with Gasteiger partial charge in [-0.1, -0.05) is 36.4 Å². The average molecular weight is 511 g/mol. The normalized spacial score (nSPS) is 14.9. The Hall–Kier alpha value is -3.10. The van der Waals surface area contributed by atoms with Gasteiger partial charge >= 0.3 is 30.2 Å². The lowest BCUT2D eigenvalue weighted by atomic mass is 10.0. The molecule has 0 heterocycles. The van der Waals surface area contributed by atoms with Gasteiger partial charge in [-0.25, -0.2) is 0 Å². The first-order valence-corrected chi connectivity index (χ1v) is 8.70. The molecule has 0 aliphatic rings. The van der Waals surface area contributed by atoms with Crippen LogP contribution in [0.3, 0.4) is 0 Å². The van der Waals surface area contributed by atoms with Crippen LogP contribution in [0.1, 0.15) is 0 Å². The molecule has 0 bridgehead atoms. The molecule has 34 heavy (non-hydrogen) atoms. The number of halogens is 11. The zero-order valence-corrected chi connectivity index (χ0v) is 16.5. The van der Waals surface area contributed by atoms with Gasteiger partial charge in [-0.2, -0.15) is 48.3 Å². The number of nitrogens with one attached hydrogen (secondary N) is 1. The molecule has 0 fully saturated rings. The standard InChI is InChI=1S/C19H12F11NO3/c1-33-13-8-7-11(10-5-3-2-4-6-10)9-12(13)31-14(32)15(20,17(23,24)25)34-19(29,30)16(21,22)18(26,27)28/h2-9H,1H3,(H,31,32)/t15-/m0/s1. The Labute approximate surface area is 183 Å². The van der Waals surface area contributed by atoms with Gasteiger partial charge in [0.15, 0.2) is 0 Å². The summed E-state index contributed by atoms with van der Waals surface area (Å²) in [6, 6.07) is 11.0. The molecule has 0 aromatic heterocycles. The van der Waals surface area contributed by atoms with Gasteiger partial charge in [0.25, 0.3) is 5.91 Å². The molecule has 2 rings (SSSR count). The first-order chi connectivity index (χ1) is 15.4. The van der Waals surface area contributed by atoms with Crippen LogP contribution >= 0.6 is 0 Å². The molecule has 0 saturated carbocycles. The Morgan fingerprint density at radius 3 is 1.79 bits per heavy atom. The minimum atomic E-state index is -7.28. The summed E-state index contributed by atoms with van der Waals surface area (Å²) in [6.07, 6.45) is -21.1. The Kier molecular flexibility index (Phi) is 7.13. The van der Waals surface area contributed by atoms with Crippen LogP contribution in [0, 0.1) is 0 Å². The third-order valence-electron chi connectivity index (χ3n) is 4.20. The van der Waals surface area contributed by atoms with E-state index in [1.165, 1.54) is 23.5 Å². The number of carbonyl (C=O) groups excluding carboxylic acids is 1. The highest BCUT2D eigenvalue weighted by atomic mass is 19.4. The van der Waals surface area contributed by atoms with E-state index in [-0.39, 0.29) is 5.56 Å². The third kappa shape index (κ3) is 5.03. The van der Waals surface area contributed by atoms with Crippen LogP contribution in [0.15, 0.2) is 48.5 Å². The third-order valence-corrected chi connectivity index (χ3v) is 4.20. The van der Waals surface area contributed by atoms with E-state index in [1.54, 1.807) is 18.2 Å². The topological polar surface area (TPSA) is 47.6 Å². The number of hydrogen-bond donors (Lipinski definition) is 1. The Balaban J connectivity index is 2.49. The molecule has 0 unspecified atom stereocenters. The van der Waals surface area contributed by atoms with E-state index in [9.17, 15) is 53.1 Å². The summed E-state index contributed by atoms with van der Waals surface area (Å²) in [6.45, 7) is 0. The maximum absolute atomic E-state index is 14.5. The van der Waals surface area contributed by atoms with Crippen LogP contribution < -0.4 is 10.1 Å². The molecular formula is C19H12F11NO3. The molecule has 0 spiro atoms.